The molecule has 2 aromatic heterocycles. The Labute approximate surface area is 393 Å². The Morgan fingerprint density at radius 3 is 2.35 bits per heavy atom. The van der Waals surface area contributed by atoms with Gasteiger partial charge in [-0.25, -0.2) is 13.8 Å². The van der Waals surface area contributed by atoms with Crippen molar-refractivity contribution in [3.8, 4) is 5.75 Å². The summed E-state index contributed by atoms with van der Waals surface area (Å²) in [4.78, 5) is 45.4. The fourth-order valence-corrected chi connectivity index (χ4v) is 13.9. The molecule has 0 bridgehead atoms. The molecule has 9 rings (SSSR count). The van der Waals surface area contributed by atoms with Crippen molar-refractivity contribution in [3.05, 3.63) is 93.2 Å². The van der Waals surface area contributed by atoms with Crippen LogP contribution >= 0.6 is 23.1 Å². The maximum Gasteiger partial charge on any atom is 0.234 e. The molecule has 4 aliphatic heterocycles. The third kappa shape index (κ3) is 9.84. The van der Waals surface area contributed by atoms with Crippen LogP contribution in [0.4, 0.5) is 37.6 Å². The summed E-state index contributed by atoms with van der Waals surface area (Å²) in [5, 5.41) is 10.9. The lowest BCUT2D eigenvalue weighted by atomic mass is 9.89. The van der Waals surface area contributed by atoms with Crippen molar-refractivity contribution in [2.45, 2.75) is 77.7 Å². The van der Waals surface area contributed by atoms with E-state index in [-0.39, 0.29) is 18.4 Å². The predicted molar refractivity (Wildman–Crippen MR) is 260 cm³/mol. The van der Waals surface area contributed by atoms with Gasteiger partial charge >= 0.3 is 0 Å². The number of hydrogen-bond donors (Lipinski definition) is 3. The number of fused-ring (bicyclic) bond motifs is 1. The second-order valence-corrected chi connectivity index (χ2v) is 22.0. The Kier molecular flexibility index (Phi) is 13.7. The van der Waals surface area contributed by atoms with E-state index in [2.05, 4.69) is 70.6 Å². The van der Waals surface area contributed by atoms with Gasteiger partial charge in [0.2, 0.25) is 17.8 Å². The van der Waals surface area contributed by atoms with Gasteiger partial charge in [-0.05, 0) is 123 Å². The minimum atomic E-state index is -2.64. The number of imide groups is 1. The van der Waals surface area contributed by atoms with E-state index in [4.69, 9.17) is 14.7 Å². The number of aromatic nitrogens is 3. The number of ether oxygens (including phenoxy) is 1. The van der Waals surface area contributed by atoms with E-state index in [1.54, 1.807) is 6.20 Å². The normalized spacial score (nSPS) is 19.6. The first kappa shape index (κ1) is 46.1. The molecule has 0 spiro atoms. The number of anilines is 5. The van der Waals surface area contributed by atoms with Crippen LogP contribution in [-0.4, -0.2) is 107 Å². The number of piperazine rings is 1. The van der Waals surface area contributed by atoms with Crippen LogP contribution in [0.2, 0.25) is 0 Å². The van der Waals surface area contributed by atoms with Crippen LogP contribution in [0.25, 0.3) is 10.9 Å². The molecular formula is C49H57BrF2N9O4P. The number of hydrogen-bond acceptors (Lipinski definition) is 12. The number of nitrogens with one attached hydrogen (secondary N) is 3. The second-order valence-electron chi connectivity index (χ2n) is 18.1. The number of benzene rings is 3. The first-order chi connectivity index (χ1) is 31.8. The molecule has 1 unspecified atom stereocenters. The van der Waals surface area contributed by atoms with Crippen molar-refractivity contribution in [2.24, 2.45) is 0 Å². The summed E-state index contributed by atoms with van der Waals surface area (Å²) in [6.07, 6.45) is 7.73. The van der Waals surface area contributed by atoms with Gasteiger partial charge in [-0.3, -0.25) is 24.8 Å². The SMILES string of the molecule is CCOc1cc(N2CCC(N3CCN(CCc4cc(F)c(C5CCC(=O)NC5=O)c(F)c4)CC3)CC2)c(C)cc1Nc1ncc(Br)c(Nc2ccc3nc(C)ccc3c2P2(=O)CCCC2)n1. The summed E-state index contributed by atoms with van der Waals surface area (Å²) < 4.78 is 51.6. The van der Waals surface area contributed by atoms with E-state index in [1.807, 2.05) is 38.1 Å². The highest BCUT2D eigenvalue weighted by Gasteiger charge is 2.35. The summed E-state index contributed by atoms with van der Waals surface area (Å²) >= 11 is 3.65. The molecule has 0 aliphatic carbocycles. The molecule has 5 aromatic rings. The molecule has 4 aliphatic rings. The molecule has 348 valence electrons. The van der Waals surface area contributed by atoms with Crippen LogP contribution in [0.3, 0.4) is 0 Å². The van der Waals surface area contributed by atoms with Gasteiger partial charge in [0.25, 0.3) is 0 Å². The van der Waals surface area contributed by atoms with Crippen LogP contribution in [0.15, 0.2) is 59.2 Å². The van der Waals surface area contributed by atoms with E-state index < -0.39 is 36.5 Å². The van der Waals surface area contributed by atoms with Crippen molar-refractivity contribution in [3.63, 3.8) is 0 Å². The van der Waals surface area contributed by atoms with Gasteiger partial charge in [0.1, 0.15) is 30.3 Å². The lowest BCUT2D eigenvalue weighted by Crippen LogP contribution is -2.53. The number of halogens is 3. The minimum Gasteiger partial charge on any atom is -0.492 e. The molecule has 0 saturated carbocycles. The monoisotopic (exact) mass is 983 g/mol. The zero-order chi connectivity index (χ0) is 46.1. The van der Waals surface area contributed by atoms with Gasteiger partial charge in [-0.2, -0.15) is 4.98 Å². The molecule has 2 amide bonds. The summed E-state index contributed by atoms with van der Waals surface area (Å²) in [5.41, 5.74) is 5.85. The molecule has 3 aromatic carbocycles. The number of aryl methyl sites for hydroxylation is 2. The lowest BCUT2D eigenvalue weighted by Gasteiger charge is -2.43. The molecule has 17 heteroatoms. The summed E-state index contributed by atoms with van der Waals surface area (Å²) in [7, 11) is -2.64. The fraction of sp³-hybridized carbons (Fsp3) is 0.449. The highest BCUT2D eigenvalue weighted by Crippen LogP contribution is 2.54. The third-order valence-electron chi connectivity index (χ3n) is 13.7. The molecule has 66 heavy (non-hydrogen) atoms. The number of pyridine rings is 1. The maximum absolute atomic E-state index is 15.1. The van der Waals surface area contributed by atoms with Crippen LogP contribution in [0, 0.1) is 25.5 Å². The molecule has 13 nitrogen and oxygen atoms in total. The molecule has 4 fully saturated rings. The average Bonchev–Trinajstić information content (AvgIpc) is 3.75. The van der Waals surface area contributed by atoms with E-state index in [0.717, 1.165) is 109 Å². The molecule has 6 heterocycles. The summed E-state index contributed by atoms with van der Waals surface area (Å²) in [6.45, 7) is 12.7. The second kappa shape index (κ2) is 19.7. The third-order valence-corrected chi connectivity index (χ3v) is 17.6. The van der Waals surface area contributed by atoms with E-state index in [1.165, 1.54) is 12.1 Å². The number of rotatable bonds is 13. The van der Waals surface area contributed by atoms with Gasteiger partial charge < -0.3 is 29.7 Å². The topological polar surface area (TPSA) is 145 Å². The van der Waals surface area contributed by atoms with Crippen LogP contribution in [0.5, 0.6) is 5.75 Å². The summed E-state index contributed by atoms with van der Waals surface area (Å²) in [6, 6.07) is 15.3. The highest BCUT2D eigenvalue weighted by atomic mass is 79.9. The molecule has 4 saturated heterocycles. The Bertz CT molecular complexity index is 2680. The van der Waals surface area contributed by atoms with Crippen LogP contribution in [0.1, 0.15) is 73.8 Å². The standard InChI is InChI=1S/C49H57BrF2N9O4P/c1-4-65-43-28-42(61-17-14-33(15-18-61)60-21-19-59(20-22-60)16-13-32-26-37(51)45(38(52)27-32)35-9-12-44(62)57-48(35)63)30(2)25-41(43)56-49-53-29-36(50)47(58-49)55-40-11-10-39-34(8-7-31(3)54-39)46(40)66(64)23-5-6-24-66/h7-8,10-11,25-29,33,35H,4-6,9,12-24H2,1-3H3,(H,57,62,63)(H2,53,55,56,58). The maximum atomic E-state index is 15.1. The van der Waals surface area contributed by atoms with Crippen LogP contribution < -0.4 is 30.9 Å². The fourth-order valence-electron chi connectivity index (χ4n) is 10.2. The number of amides is 2. The van der Waals surface area contributed by atoms with Gasteiger partial charge in [0.15, 0.2) is 0 Å². The minimum absolute atomic E-state index is 0.0655. The molecular weight excluding hydrogens is 927 g/mol. The Balaban J connectivity index is 0.812. The van der Waals surface area contributed by atoms with E-state index in [0.29, 0.717) is 65.5 Å². The molecule has 1 atom stereocenters. The van der Waals surface area contributed by atoms with Crippen molar-refractivity contribution < 1.29 is 27.7 Å². The van der Waals surface area contributed by atoms with Gasteiger partial charge in [0, 0.05) is 110 Å². The van der Waals surface area contributed by atoms with Gasteiger partial charge in [-0.1, -0.05) is 6.07 Å². The lowest BCUT2D eigenvalue weighted by molar-refractivity contribution is -0.134. The van der Waals surface area contributed by atoms with Crippen LogP contribution in [-0.2, 0) is 20.6 Å². The Morgan fingerprint density at radius 2 is 1.64 bits per heavy atom. The quantitative estimate of drug-likeness (QED) is 0.0767. The average molecular weight is 985 g/mol. The molecule has 3 N–H and O–H groups in total. The zero-order valence-corrected chi connectivity index (χ0v) is 40.2. The van der Waals surface area contributed by atoms with Gasteiger partial charge in [-0.15, -0.1) is 0 Å². The smallest absolute Gasteiger partial charge is 0.234 e. The summed E-state index contributed by atoms with van der Waals surface area (Å²) in [5.74, 6) is -1.85. The van der Waals surface area contributed by atoms with Crippen molar-refractivity contribution >= 4 is 79.9 Å². The number of carbonyl (C=O) groups excluding carboxylic acids is 2. The number of carbonyl (C=O) groups is 2. The van der Waals surface area contributed by atoms with Crippen molar-refractivity contribution in [2.75, 3.05) is 80.3 Å². The predicted octanol–water partition coefficient (Wildman–Crippen LogP) is 8.70. The zero-order valence-electron chi connectivity index (χ0n) is 37.8. The van der Waals surface area contributed by atoms with E-state index >= 15 is 8.78 Å². The number of piperidine rings is 2. The number of nitrogens with zero attached hydrogens (tertiary/aromatic N) is 6. The molecule has 0 radical (unpaired) electrons. The van der Waals surface area contributed by atoms with Crippen molar-refractivity contribution in [1.82, 2.24) is 30.1 Å². The first-order valence-corrected chi connectivity index (χ1v) is 26.1. The Hall–Kier alpha value is -5.02. The van der Waals surface area contributed by atoms with Crippen molar-refractivity contribution in [1.29, 1.82) is 0 Å². The first-order valence-electron chi connectivity index (χ1n) is 23.2. The van der Waals surface area contributed by atoms with E-state index in [9.17, 15) is 14.2 Å². The Morgan fingerprint density at radius 1 is 0.894 bits per heavy atom. The largest absolute Gasteiger partial charge is 0.492 e. The van der Waals surface area contributed by atoms with Gasteiger partial charge in [0.05, 0.1) is 33.9 Å². The highest BCUT2D eigenvalue weighted by molar-refractivity contribution is 9.10.